The lowest BCUT2D eigenvalue weighted by Gasteiger charge is -2.20. The van der Waals surface area contributed by atoms with Crippen LogP contribution in [0.5, 0.6) is 11.5 Å². The number of hydrogen-bond donors (Lipinski definition) is 2. The summed E-state index contributed by atoms with van der Waals surface area (Å²) in [4.78, 5) is 14.9. The van der Waals surface area contributed by atoms with Crippen LogP contribution >= 0.6 is 0 Å². The number of benzene rings is 2. The standard InChI is InChI=1S/C23H31N3O3/c1-17(13-23(27)25-21-10-9-20(28-2)14-22(21)29-3)24-15-18-11-12-26(16-18)19-7-5-4-6-8-19/h4-10,14,17-18,24H,11-13,15-16H2,1-3H3,(H,25,27). The minimum absolute atomic E-state index is 0.0363. The van der Waals surface area contributed by atoms with E-state index in [0.717, 1.165) is 19.6 Å². The van der Waals surface area contributed by atoms with Crippen LogP contribution in [0.2, 0.25) is 0 Å². The molecular formula is C23H31N3O3. The molecule has 156 valence electrons. The summed E-state index contributed by atoms with van der Waals surface area (Å²) in [5.41, 5.74) is 1.94. The van der Waals surface area contributed by atoms with E-state index >= 15 is 0 Å². The van der Waals surface area contributed by atoms with Crippen molar-refractivity contribution >= 4 is 17.3 Å². The highest BCUT2D eigenvalue weighted by Crippen LogP contribution is 2.29. The molecule has 0 bridgehead atoms. The third kappa shape index (κ3) is 5.87. The maximum atomic E-state index is 12.4. The Morgan fingerprint density at radius 3 is 2.69 bits per heavy atom. The van der Waals surface area contributed by atoms with Crippen molar-refractivity contribution in [1.29, 1.82) is 0 Å². The predicted molar refractivity (Wildman–Crippen MR) is 117 cm³/mol. The lowest BCUT2D eigenvalue weighted by atomic mass is 10.1. The van der Waals surface area contributed by atoms with Gasteiger partial charge >= 0.3 is 0 Å². The minimum atomic E-state index is -0.0363. The van der Waals surface area contributed by atoms with E-state index in [2.05, 4.69) is 46.7 Å². The third-order valence-electron chi connectivity index (χ3n) is 5.34. The number of carbonyl (C=O) groups is 1. The maximum Gasteiger partial charge on any atom is 0.226 e. The van der Waals surface area contributed by atoms with E-state index in [1.165, 1.54) is 12.1 Å². The number of rotatable bonds is 9. The van der Waals surface area contributed by atoms with Crippen LogP contribution in [0.3, 0.4) is 0 Å². The van der Waals surface area contributed by atoms with Crippen molar-refractivity contribution in [3.05, 3.63) is 48.5 Å². The normalized spacial score (nSPS) is 17.1. The first-order valence-electron chi connectivity index (χ1n) is 10.1. The summed E-state index contributed by atoms with van der Waals surface area (Å²) >= 11 is 0. The Morgan fingerprint density at radius 2 is 1.97 bits per heavy atom. The van der Waals surface area contributed by atoms with Crippen molar-refractivity contribution in [2.45, 2.75) is 25.8 Å². The van der Waals surface area contributed by atoms with Gasteiger partial charge in [0.05, 0.1) is 19.9 Å². The Labute approximate surface area is 173 Å². The molecule has 29 heavy (non-hydrogen) atoms. The second kappa shape index (κ2) is 10.2. The molecule has 1 fully saturated rings. The van der Waals surface area contributed by atoms with E-state index < -0.39 is 0 Å². The molecule has 2 atom stereocenters. The number of hydrogen-bond acceptors (Lipinski definition) is 5. The fourth-order valence-electron chi connectivity index (χ4n) is 3.69. The van der Waals surface area contributed by atoms with Gasteiger partial charge in [0.25, 0.3) is 0 Å². The molecule has 1 heterocycles. The number of anilines is 2. The maximum absolute atomic E-state index is 12.4. The molecule has 2 N–H and O–H groups in total. The van der Waals surface area contributed by atoms with E-state index in [-0.39, 0.29) is 11.9 Å². The lowest BCUT2D eigenvalue weighted by Crippen LogP contribution is -2.35. The van der Waals surface area contributed by atoms with Gasteiger partial charge in [-0.3, -0.25) is 4.79 Å². The smallest absolute Gasteiger partial charge is 0.226 e. The first-order chi connectivity index (χ1) is 14.1. The van der Waals surface area contributed by atoms with Crippen LogP contribution in [0.4, 0.5) is 11.4 Å². The Bertz CT molecular complexity index is 797. The van der Waals surface area contributed by atoms with Gasteiger partial charge in [-0.15, -0.1) is 0 Å². The summed E-state index contributed by atoms with van der Waals surface area (Å²) in [5, 5.41) is 6.45. The van der Waals surface area contributed by atoms with Gasteiger partial charge in [-0.05, 0) is 50.1 Å². The largest absolute Gasteiger partial charge is 0.497 e. The lowest BCUT2D eigenvalue weighted by molar-refractivity contribution is -0.116. The fraction of sp³-hybridized carbons (Fsp3) is 0.435. The first kappa shape index (κ1) is 21.0. The Kier molecular flexibility index (Phi) is 7.36. The predicted octanol–water partition coefficient (Wildman–Crippen LogP) is 3.54. The van der Waals surface area contributed by atoms with Gasteiger partial charge in [-0.1, -0.05) is 18.2 Å². The summed E-state index contributed by atoms with van der Waals surface area (Å²) in [6.07, 6.45) is 1.58. The quantitative estimate of drug-likeness (QED) is 0.678. The topological polar surface area (TPSA) is 62.8 Å². The molecule has 3 rings (SSSR count). The highest BCUT2D eigenvalue weighted by Gasteiger charge is 2.23. The number of para-hydroxylation sites is 1. The van der Waals surface area contributed by atoms with Gasteiger partial charge in [-0.25, -0.2) is 0 Å². The number of carbonyl (C=O) groups excluding carboxylic acids is 1. The summed E-state index contributed by atoms with van der Waals surface area (Å²) < 4.78 is 10.5. The van der Waals surface area contributed by atoms with Crippen LogP contribution < -0.4 is 25.0 Å². The highest BCUT2D eigenvalue weighted by atomic mass is 16.5. The van der Waals surface area contributed by atoms with Gasteiger partial charge < -0.3 is 25.0 Å². The number of nitrogens with zero attached hydrogens (tertiary/aromatic N) is 1. The van der Waals surface area contributed by atoms with Gasteiger partial charge in [0, 0.05) is 37.3 Å². The molecule has 0 aromatic heterocycles. The summed E-state index contributed by atoms with van der Waals surface area (Å²) in [6.45, 7) is 5.11. The van der Waals surface area contributed by atoms with Crippen LogP contribution in [-0.2, 0) is 4.79 Å². The van der Waals surface area contributed by atoms with E-state index in [4.69, 9.17) is 9.47 Å². The molecule has 0 spiro atoms. The molecule has 1 aliphatic rings. The monoisotopic (exact) mass is 397 g/mol. The van der Waals surface area contributed by atoms with Crippen molar-refractivity contribution < 1.29 is 14.3 Å². The molecule has 0 radical (unpaired) electrons. The molecule has 6 heteroatoms. The molecule has 0 aliphatic carbocycles. The summed E-state index contributed by atoms with van der Waals surface area (Å²) in [7, 11) is 3.18. The van der Waals surface area contributed by atoms with E-state index in [9.17, 15) is 4.79 Å². The summed E-state index contributed by atoms with van der Waals surface area (Å²) in [5.74, 6) is 1.84. The Hall–Kier alpha value is -2.73. The zero-order chi connectivity index (χ0) is 20.6. The van der Waals surface area contributed by atoms with Crippen LogP contribution in [-0.4, -0.2) is 45.8 Å². The second-order valence-electron chi connectivity index (χ2n) is 7.56. The minimum Gasteiger partial charge on any atom is -0.497 e. The van der Waals surface area contributed by atoms with Gasteiger partial charge in [0.2, 0.25) is 5.91 Å². The molecule has 2 aromatic rings. The van der Waals surface area contributed by atoms with Crippen LogP contribution in [0.1, 0.15) is 19.8 Å². The Balaban J connectivity index is 1.43. The zero-order valence-electron chi connectivity index (χ0n) is 17.5. The average Bonchev–Trinajstić information content (AvgIpc) is 3.22. The van der Waals surface area contributed by atoms with Crippen molar-refractivity contribution in [1.82, 2.24) is 5.32 Å². The highest BCUT2D eigenvalue weighted by molar-refractivity contribution is 5.92. The number of nitrogens with one attached hydrogen (secondary N) is 2. The molecule has 2 aromatic carbocycles. The van der Waals surface area contributed by atoms with Crippen molar-refractivity contribution in [3.8, 4) is 11.5 Å². The number of ether oxygens (including phenoxy) is 2. The first-order valence-corrected chi connectivity index (χ1v) is 10.1. The average molecular weight is 398 g/mol. The fourth-order valence-corrected chi connectivity index (χ4v) is 3.69. The molecule has 0 saturated carbocycles. The van der Waals surface area contributed by atoms with Crippen LogP contribution in [0, 0.1) is 5.92 Å². The molecule has 1 aliphatic heterocycles. The van der Waals surface area contributed by atoms with Crippen molar-refractivity contribution in [2.75, 3.05) is 44.1 Å². The molecular weight excluding hydrogens is 366 g/mol. The third-order valence-corrected chi connectivity index (χ3v) is 5.34. The van der Waals surface area contributed by atoms with Crippen molar-refractivity contribution in [2.24, 2.45) is 5.92 Å². The van der Waals surface area contributed by atoms with Crippen molar-refractivity contribution in [3.63, 3.8) is 0 Å². The molecule has 6 nitrogen and oxygen atoms in total. The zero-order valence-corrected chi connectivity index (χ0v) is 17.5. The SMILES string of the molecule is COc1ccc(NC(=O)CC(C)NCC2CCN(c3ccccc3)C2)c(OC)c1. The van der Waals surface area contributed by atoms with Crippen LogP contribution in [0.15, 0.2) is 48.5 Å². The summed E-state index contributed by atoms with van der Waals surface area (Å²) in [6, 6.07) is 16.0. The van der Waals surface area contributed by atoms with E-state index in [1.54, 1.807) is 32.4 Å². The number of amides is 1. The molecule has 1 amide bonds. The van der Waals surface area contributed by atoms with Crippen LogP contribution in [0.25, 0.3) is 0 Å². The molecule has 2 unspecified atom stereocenters. The van der Waals surface area contributed by atoms with E-state index in [1.807, 2.05) is 6.07 Å². The Morgan fingerprint density at radius 1 is 1.17 bits per heavy atom. The van der Waals surface area contributed by atoms with Gasteiger partial charge in [0.1, 0.15) is 11.5 Å². The molecule has 1 saturated heterocycles. The number of methoxy groups -OCH3 is 2. The van der Waals surface area contributed by atoms with Gasteiger partial charge in [-0.2, -0.15) is 0 Å². The van der Waals surface area contributed by atoms with Gasteiger partial charge in [0.15, 0.2) is 0 Å². The second-order valence-corrected chi connectivity index (χ2v) is 7.56. The van der Waals surface area contributed by atoms with E-state index in [0.29, 0.717) is 29.5 Å².